The molecule has 142 valence electrons. The van der Waals surface area contributed by atoms with Gasteiger partial charge in [0.1, 0.15) is 19.0 Å². The van der Waals surface area contributed by atoms with E-state index in [9.17, 15) is 14.4 Å². The third kappa shape index (κ3) is 7.29. The fourth-order valence-corrected chi connectivity index (χ4v) is 2.12. The van der Waals surface area contributed by atoms with Crippen LogP contribution in [0.1, 0.15) is 17.3 Å². The van der Waals surface area contributed by atoms with E-state index in [-0.39, 0.29) is 19.1 Å². The van der Waals surface area contributed by atoms with Crippen LogP contribution in [-0.2, 0) is 19.1 Å². The van der Waals surface area contributed by atoms with Crippen LogP contribution < -0.4 is 10.1 Å². The molecule has 7 nitrogen and oxygen atoms in total. The lowest BCUT2D eigenvalue weighted by Gasteiger charge is -2.08. The van der Waals surface area contributed by atoms with Gasteiger partial charge in [-0.3, -0.25) is 9.59 Å². The molecular formula is C20H21NO6. The van der Waals surface area contributed by atoms with E-state index in [0.717, 1.165) is 0 Å². The molecule has 0 radical (unpaired) electrons. The number of ketones is 1. The number of Topliss-reactive ketones (excluding diaryl/α,β-unsaturated/α-hetero) is 1. The zero-order chi connectivity index (χ0) is 19.5. The van der Waals surface area contributed by atoms with Gasteiger partial charge in [0.05, 0.1) is 13.2 Å². The van der Waals surface area contributed by atoms with Gasteiger partial charge in [-0.2, -0.15) is 0 Å². The van der Waals surface area contributed by atoms with Crippen molar-refractivity contribution in [3.63, 3.8) is 0 Å². The third-order valence-electron chi connectivity index (χ3n) is 3.35. The van der Waals surface area contributed by atoms with E-state index in [0.29, 0.717) is 30.2 Å². The lowest BCUT2D eigenvalue weighted by molar-refractivity contribution is -0.139. The van der Waals surface area contributed by atoms with E-state index in [2.05, 4.69) is 5.32 Å². The van der Waals surface area contributed by atoms with Gasteiger partial charge >= 0.3 is 5.97 Å². The Labute approximate surface area is 157 Å². The predicted molar refractivity (Wildman–Crippen MR) is 98.8 cm³/mol. The number of amides is 1. The summed E-state index contributed by atoms with van der Waals surface area (Å²) < 4.78 is 15.7. The maximum atomic E-state index is 11.8. The number of carbonyl (C=O) groups excluding carboxylic acids is 3. The maximum Gasteiger partial charge on any atom is 0.379 e. The van der Waals surface area contributed by atoms with Gasteiger partial charge in [-0.15, -0.1) is 0 Å². The second-order valence-electron chi connectivity index (χ2n) is 5.50. The van der Waals surface area contributed by atoms with Crippen LogP contribution >= 0.6 is 0 Å². The summed E-state index contributed by atoms with van der Waals surface area (Å²) in [5.41, 5.74) is 0.985. The van der Waals surface area contributed by atoms with Crippen LogP contribution in [0.5, 0.6) is 5.75 Å². The number of ether oxygens (including phenoxy) is 3. The highest BCUT2D eigenvalue weighted by molar-refractivity contribution is 6.40. The van der Waals surface area contributed by atoms with Crippen LogP contribution in [0.4, 0.5) is 5.69 Å². The first-order chi connectivity index (χ1) is 13.1. The highest BCUT2D eigenvalue weighted by atomic mass is 16.6. The molecule has 2 aromatic rings. The Morgan fingerprint density at radius 2 is 1.52 bits per heavy atom. The Morgan fingerprint density at radius 3 is 2.19 bits per heavy atom. The lowest BCUT2D eigenvalue weighted by atomic mass is 10.1. The van der Waals surface area contributed by atoms with Crippen LogP contribution in [0.25, 0.3) is 0 Å². The predicted octanol–water partition coefficient (Wildman–Crippen LogP) is 2.47. The van der Waals surface area contributed by atoms with Crippen molar-refractivity contribution in [2.24, 2.45) is 0 Å². The number of carbonyl (C=O) groups is 3. The molecule has 0 aliphatic carbocycles. The summed E-state index contributed by atoms with van der Waals surface area (Å²) in [4.78, 5) is 34.4. The highest BCUT2D eigenvalue weighted by Gasteiger charge is 2.16. The average Bonchev–Trinajstić information content (AvgIpc) is 2.68. The van der Waals surface area contributed by atoms with Crippen molar-refractivity contribution in [2.75, 3.05) is 31.7 Å². The van der Waals surface area contributed by atoms with Crippen LogP contribution in [0, 0.1) is 0 Å². The summed E-state index contributed by atoms with van der Waals surface area (Å²) >= 11 is 0. The SMILES string of the molecule is CC(=O)Nc1ccc(OCCOCCOC(=O)C(=O)c2ccccc2)cc1. The first kappa shape index (κ1) is 20.1. The smallest absolute Gasteiger partial charge is 0.379 e. The normalized spacial score (nSPS) is 10.1. The highest BCUT2D eigenvalue weighted by Crippen LogP contribution is 2.15. The maximum absolute atomic E-state index is 11.8. The van der Waals surface area contributed by atoms with E-state index in [1.54, 1.807) is 54.6 Å². The minimum atomic E-state index is -0.902. The molecule has 1 amide bonds. The molecule has 0 saturated carbocycles. The third-order valence-corrected chi connectivity index (χ3v) is 3.35. The number of hydrogen-bond acceptors (Lipinski definition) is 6. The number of nitrogens with one attached hydrogen (secondary N) is 1. The van der Waals surface area contributed by atoms with Crippen LogP contribution in [-0.4, -0.2) is 44.1 Å². The van der Waals surface area contributed by atoms with Gasteiger partial charge in [-0.05, 0) is 24.3 Å². The van der Waals surface area contributed by atoms with Crippen LogP contribution in [0.3, 0.4) is 0 Å². The molecule has 0 heterocycles. The van der Waals surface area contributed by atoms with Crippen LogP contribution in [0.2, 0.25) is 0 Å². The van der Waals surface area contributed by atoms with Gasteiger partial charge in [0.25, 0.3) is 5.78 Å². The quantitative estimate of drug-likeness (QED) is 0.299. The van der Waals surface area contributed by atoms with Crippen molar-refractivity contribution in [2.45, 2.75) is 6.92 Å². The standard InChI is InChI=1S/C20H21NO6/c1-15(22)21-17-7-9-18(10-8-17)26-13-11-25-12-14-27-20(24)19(23)16-5-3-2-4-6-16/h2-10H,11-14H2,1H3,(H,21,22). The van der Waals surface area contributed by atoms with E-state index >= 15 is 0 Å². The van der Waals surface area contributed by atoms with Gasteiger partial charge in [0.2, 0.25) is 5.91 Å². The van der Waals surface area contributed by atoms with Crippen molar-refractivity contribution in [3.05, 3.63) is 60.2 Å². The van der Waals surface area contributed by atoms with Crippen molar-refractivity contribution in [1.82, 2.24) is 0 Å². The molecule has 2 rings (SSSR count). The van der Waals surface area contributed by atoms with Gasteiger partial charge in [-0.25, -0.2) is 4.79 Å². The second-order valence-corrected chi connectivity index (χ2v) is 5.50. The molecular weight excluding hydrogens is 350 g/mol. The topological polar surface area (TPSA) is 90.9 Å². The molecule has 1 N–H and O–H groups in total. The van der Waals surface area contributed by atoms with Crippen LogP contribution in [0.15, 0.2) is 54.6 Å². The number of anilines is 1. The zero-order valence-electron chi connectivity index (χ0n) is 15.0. The minimum Gasteiger partial charge on any atom is -0.491 e. The molecule has 0 spiro atoms. The first-order valence-electron chi connectivity index (χ1n) is 8.41. The average molecular weight is 371 g/mol. The minimum absolute atomic E-state index is 0.0111. The zero-order valence-corrected chi connectivity index (χ0v) is 15.0. The summed E-state index contributed by atoms with van der Waals surface area (Å²) in [6, 6.07) is 15.2. The van der Waals surface area contributed by atoms with E-state index in [4.69, 9.17) is 14.2 Å². The fraction of sp³-hybridized carbons (Fsp3) is 0.250. The summed E-state index contributed by atoms with van der Waals surface area (Å²) in [5.74, 6) is -1.07. The molecule has 0 atom stereocenters. The largest absolute Gasteiger partial charge is 0.491 e. The first-order valence-corrected chi connectivity index (χ1v) is 8.41. The van der Waals surface area contributed by atoms with E-state index in [1.807, 2.05) is 0 Å². The summed E-state index contributed by atoms with van der Waals surface area (Å²) in [5, 5.41) is 2.67. The fourth-order valence-electron chi connectivity index (χ4n) is 2.12. The molecule has 2 aromatic carbocycles. The molecule has 7 heteroatoms. The molecule has 27 heavy (non-hydrogen) atoms. The van der Waals surface area contributed by atoms with E-state index in [1.165, 1.54) is 6.92 Å². The number of esters is 1. The summed E-state index contributed by atoms with van der Waals surface area (Å²) in [6.45, 7) is 2.21. The molecule has 0 aromatic heterocycles. The Morgan fingerprint density at radius 1 is 0.852 bits per heavy atom. The molecule has 0 saturated heterocycles. The molecule has 0 aliphatic rings. The molecule has 0 unspecified atom stereocenters. The van der Waals surface area contributed by atoms with Gasteiger partial charge in [0.15, 0.2) is 0 Å². The Hall–Kier alpha value is -3.19. The number of hydrogen-bond donors (Lipinski definition) is 1. The summed E-state index contributed by atoms with van der Waals surface area (Å²) in [7, 11) is 0. The Balaban J connectivity index is 1.56. The van der Waals surface area contributed by atoms with Gasteiger partial charge in [-0.1, -0.05) is 30.3 Å². The van der Waals surface area contributed by atoms with E-state index < -0.39 is 11.8 Å². The lowest BCUT2D eigenvalue weighted by Crippen LogP contribution is -2.20. The molecule has 0 fully saturated rings. The Bertz CT molecular complexity index is 758. The van der Waals surface area contributed by atoms with Crippen molar-refractivity contribution >= 4 is 23.3 Å². The second kappa shape index (κ2) is 10.7. The summed E-state index contributed by atoms with van der Waals surface area (Å²) in [6.07, 6.45) is 0. The number of rotatable bonds is 10. The van der Waals surface area contributed by atoms with Gasteiger partial charge < -0.3 is 19.5 Å². The van der Waals surface area contributed by atoms with Gasteiger partial charge in [0, 0.05) is 18.2 Å². The monoisotopic (exact) mass is 371 g/mol. The van der Waals surface area contributed by atoms with Crippen molar-refractivity contribution in [1.29, 1.82) is 0 Å². The number of benzene rings is 2. The van der Waals surface area contributed by atoms with Crippen molar-refractivity contribution < 1.29 is 28.6 Å². The van der Waals surface area contributed by atoms with Crippen molar-refractivity contribution in [3.8, 4) is 5.75 Å². The molecule has 0 aliphatic heterocycles. The Kier molecular flexibility index (Phi) is 7.99. The molecule has 0 bridgehead atoms.